The number of sulfonamides is 1. The SMILES string of the molecule is O=S(=O)(CC1CCNCC1)NCCCN1CCCC1. The Labute approximate surface area is 117 Å². The Bertz CT molecular complexity index is 347. The summed E-state index contributed by atoms with van der Waals surface area (Å²) in [5.74, 6) is 0.635. The maximum Gasteiger partial charge on any atom is 0.211 e. The topological polar surface area (TPSA) is 61.4 Å². The lowest BCUT2D eigenvalue weighted by atomic mass is 10.0. The molecule has 2 aliphatic heterocycles. The first-order chi connectivity index (χ1) is 9.16. The highest BCUT2D eigenvalue weighted by Gasteiger charge is 2.20. The summed E-state index contributed by atoms with van der Waals surface area (Å²) in [6.07, 6.45) is 5.47. The molecule has 2 saturated heterocycles. The van der Waals surface area contributed by atoms with Crippen LogP contribution in [0, 0.1) is 5.92 Å². The van der Waals surface area contributed by atoms with Gasteiger partial charge >= 0.3 is 0 Å². The molecule has 0 aromatic carbocycles. The van der Waals surface area contributed by atoms with Crippen molar-refractivity contribution in [1.82, 2.24) is 14.9 Å². The van der Waals surface area contributed by atoms with Crippen molar-refractivity contribution in [3.05, 3.63) is 0 Å². The molecule has 0 atom stereocenters. The maximum absolute atomic E-state index is 11.9. The van der Waals surface area contributed by atoms with E-state index < -0.39 is 10.0 Å². The van der Waals surface area contributed by atoms with Gasteiger partial charge in [0, 0.05) is 6.54 Å². The average Bonchev–Trinajstić information content (AvgIpc) is 2.88. The van der Waals surface area contributed by atoms with E-state index in [1.807, 2.05) is 0 Å². The van der Waals surface area contributed by atoms with E-state index in [1.54, 1.807) is 0 Å². The molecular weight excluding hydrogens is 262 g/mol. The monoisotopic (exact) mass is 289 g/mol. The van der Waals surface area contributed by atoms with E-state index in [4.69, 9.17) is 0 Å². The van der Waals surface area contributed by atoms with Crippen LogP contribution in [0.15, 0.2) is 0 Å². The van der Waals surface area contributed by atoms with E-state index in [1.165, 1.54) is 25.9 Å². The minimum Gasteiger partial charge on any atom is -0.317 e. The van der Waals surface area contributed by atoms with Crippen LogP contribution in [0.4, 0.5) is 0 Å². The third kappa shape index (κ3) is 5.77. The molecule has 2 aliphatic rings. The van der Waals surface area contributed by atoms with Gasteiger partial charge in [0.15, 0.2) is 0 Å². The normalized spacial score (nSPS) is 22.9. The molecule has 112 valence electrons. The minimum atomic E-state index is -3.07. The maximum atomic E-state index is 11.9. The molecule has 2 heterocycles. The van der Waals surface area contributed by atoms with Crippen LogP contribution in [0.2, 0.25) is 0 Å². The summed E-state index contributed by atoms with van der Waals surface area (Å²) in [4.78, 5) is 2.42. The van der Waals surface area contributed by atoms with Crippen molar-refractivity contribution in [1.29, 1.82) is 0 Å². The van der Waals surface area contributed by atoms with Crippen molar-refractivity contribution in [2.45, 2.75) is 32.1 Å². The first-order valence-corrected chi connectivity index (χ1v) is 9.21. The summed E-state index contributed by atoms with van der Waals surface area (Å²) in [7, 11) is -3.07. The van der Waals surface area contributed by atoms with Crippen molar-refractivity contribution in [2.75, 3.05) is 45.0 Å². The number of rotatable bonds is 7. The molecule has 19 heavy (non-hydrogen) atoms. The molecule has 0 radical (unpaired) electrons. The van der Waals surface area contributed by atoms with E-state index >= 15 is 0 Å². The largest absolute Gasteiger partial charge is 0.317 e. The summed E-state index contributed by atoms with van der Waals surface area (Å²) in [6, 6.07) is 0. The van der Waals surface area contributed by atoms with Gasteiger partial charge in [-0.3, -0.25) is 0 Å². The van der Waals surface area contributed by atoms with E-state index in [9.17, 15) is 8.42 Å². The number of likely N-dealkylation sites (tertiary alicyclic amines) is 1. The number of piperidine rings is 1. The van der Waals surface area contributed by atoms with E-state index in [0.29, 0.717) is 18.2 Å². The fraction of sp³-hybridized carbons (Fsp3) is 1.00. The Hall–Kier alpha value is -0.170. The van der Waals surface area contributed by atoms with Crippen LogP contribution >= 0.6 is 0 Å². The summed E-state index contributed by atoms with van der Waals surface area (Å²) < 4.78 is 26.7. The number of hydrogen-bond donors (Lipinski definition) is 2. The van der Waals surface area contributed by atoms with Gasteiger partial charge in [-0.05, 0) is 70.7 Å². The van der Waals surface area contributed by atoms with Crippen molar-refractivity contribution in [3.8, 4) is 0 Å². The van der Waals surface area contributed by atoms with Gasteiger partial charge in [-0.1, -0.05) is 0 Å². The van der Waals surface area contributed by atoms with Gasteiger partial charge in [-0.2, -0.15) is 0 Å². The Kier molecular flexibility index (Phi) is 6.06. The fourth-order valence-electron chi connectivity index (χ4n) is 2.95. The summed E-state index contributed by atoms with van der Waals surface area (Å²) >= 11 is 0. The summed E-state index contributed by atoms with van der Waals surface area (Å²) in [6.45, 7) is 5.88. The second kappa shape index (κ2) is 7.57. The van der Waals surface area contributed by atoms with E-state index in [-0.39, 0.29) is 0 Å². The second-order valence-electron chi connectivity index (χ2n) is 5.77. The molecule has 2 rings (SSSR count). The van der Waals surface area contributed by atoms with Crippen LogP contribution in [-0.2, 0) is 10.0 Å². The van der Waals surface area contributed by atoms with Gasteiger partial charge in [0.05, 0.1) is 5.75 Å². The minimum absolute atomic E-state index is 0.304. The van der Waals surface area contributed by atoms with Gasteiger partial charge in [-0.25, -0.2) is 13.1 Å². The van der Waals surface area contributed by atoms with Gasteiger partial charge in [-0.15, -0.1) is 0 Å². The second-order valence-corrected chi connectivity index (χ2v) is 7.62. The quantitative estimate of drug-likeness (QED) is 0.666. The number of hydrogen-bond acceptors (Lipinski definition) is 4. The molecular formula is C13H27N3O2S. The Balaban J connectivity index is 1.60. The molecule has 0 bridgehead atoms. The van der Waals surface area contributed by atoms with E-state index in [0.717, 1.165) is 38.9 Å². The first kappa shape index (κ1) is 15.2. The molecule has 0 aliphatic carbocycles. The third-order valence-electron chi connectivity index (χ3n) is 4.09. The zero-order chi connectivity index (χ0) is 13.6. The lowest BCUT2D eigenvalue weighted by Gasteiger charge is -2.22. The molecule has 0 saturated carbocycles. The van der Waals surface area contributed by atoms with Crippen LogP contribution in [0.5, 0.6) is 0 Å². The summed E-state index contributed by atoms with van der Waals surface area (Å²) in [5, 5.41) is 3.26. The van der Waals surface area contributed by atoms with Gasteiger partial charge in [0.1, 0.15) is 0 Å². The molecule has 6 heteroatoms. The fourth-order valence-corrected chi connectivity index (χ4v) is 4.48. The molecule has 0 amide bonds. The molecule has 2 N–H and O–H groups in total. The van der Waals surface area contributed by atoms with Crippen LogP contribution in [0.3, 0.4) is 0 Å². The van der Waals surface area contributed by atoms with Crippen LogP contribution < -0.4 is 10.0 Å². The molecule has 0 spiro atoms. The van der Waals surface area contributed by atoms with Crippen LogP contribution in [-0.4, -0.2) is 58.3 Å². The lowest BCUT2D eigenvalue weighted by molar-refractivity contribution is 0.334. The molecule has 0 aromatic heterocycles. The highest BCUT2D eigenvalue weighted by Crippen LogP contribution is 2.13. The zero-order valence-electron chi connectivity index (χ0n) is 11.7. The standard InChI is InChI=1S/C13H27N3O2S/c17-19(18,12-13-4-7-14-8-5-13)15-6-3-11-16-9-1-2-10-16/h13-15H,1-12H2. The number of nitrogens with one attached hydrogen (secondary N) is 2. The smallest absolute Gasteiger partial charge is 0.211 e. The predicted octanol–water partition coefficient (Wildman–Crippen LogP) is 0.391. The van der Waals surface area contributed by atoms with Crippen LogP contribution in [0.1, 0.15) is 32.1 Å². The molecule has 0 unspecified atom stereocenters. The Morgan fingerprint density at radius 1 is 1.16 bits per heavy atom. The molecule has 2 fully saturated rings. The zero-order valence-corrected chi connectivity index (χ0v) is 12.6. The Morgan fingerprint density at radius 2 is 1.84 bits per heavy atom. The third-order valence-corrected chi connectivity index (χ3v) is 5.64. The van der Waals surface area contributed by atoms with Crippen molar-refractivity contribution in [3.63, 3.8) is 0 Å². The average molecular weight is 289 g/mol. The summed E-state index contributed by atoms with van der Waals surface area (Å²) in [5.41, 5.74) is 0. The highest BCUT2D eigenvalue weighted by atomic mass is 32.2. The van der Waals surface area contributed by atoms with E-state index in [2.05, 4.69) is 14.9 Å². The van der Waals surface area contributed by atoms with Gasteiger partial charge in [0.2, 0.25) is 10.0 Å². The number of nitrogens with zero attached hydrogens (tertiary/aromatic N) is 1. The lowest BCUT2D eigenvalue weighted by Crippen LogP contribution is -2.36. The van der Waals surface area contributed by atoms with Crippen molar-refractivity contribution >= 4 is 10.0 Å². The predicted molar refractivity (Wildman–Crippen MR) is 77.7 cm³/mol. The van der Waals surface area contributed by atoms with Crippen LogP contribution in [0.25, 0.3) is 0 Å². The van der Waals surface area contributed by atoms with Crippen molar-refractivity contribution < 1.29 is 8.42 Å². The molecule has 0 aromatic rings. The molecule has 5 nitrogen and oxygen atoms in total. The Morgan fingerprint density at radius 3 is 2.53 bits per heavy atom. The highest BCUT2D eigenvalue weighted by molar-refractivity contribution is 7.89. The van der Waals surface area contributed by atoms with Gasteiger partial charge in [0.25, 0.3) is 0 Å². The van der Waals surface area contributed by atoms with Gasteiger partial charge < -0.3 is 10.2 Å². The van der Waals surface area contributed by atoms with Crippen molar-refractivity contribution in [2.24, 2.45) is 5.92 Å². The first-order valence-electron chi connectivity index (χ1n) is 7.56.